The topological polar surface area (TPSA) is 41.6 Å². The van der Waals surface area contributed by atoms with E-state index < -0.39 is 0 Å². The van der Waals surface area contributed by atoms with Crippen molar-refractivity contribution in [3.63, 3.8) is 0 Å². The lowest BCUT2D eigenvalue weighted by molar-refractivity contribution is 0.980. The SMILES string of the molecule is N#CCc1ccc(-n2c(CCl)nc3c(Cl)cccc32)cc1. The molecule has 0 atom stereocenters. The number of imidazole rings is 1. The smallest absolute Gasteiger partial charge is 0.129 e. The van der Waals surface area contributed by atoms with E-state index in [0.29, 0.717) is 17.3 Å². The minimum absolute atomic E-state index is 0.297. The van der Waals surface area contributed by atoms with E-state index in [4.69, 9.17) is 28.5 Å². The average molecular weight is 316 g/mol. The number of benzene rings is 2. The third-order valence-corrected chi connectivity index (χ3v) is 3.85. The third kappa shape index (κ3) is 2.49. The van der Waals surface area contributed by atoms with Crippen LogP contribution >= 0.6 is 23.2 Å². The molecular weight excluding hydrogens is 305 g/mol. The van der Waals surface area contributed by atoms with Gasteiger partial charge in [-0.25, -0.2) is 4.98 Å². The monoisotopic (exact) mass is 315 g/mol. The van der Waals surface area contributed by atoms with Crippen molar-refractivity contribution < 1.29 is 0 Å². The Morgan fingerprint density at radius 2 is 1.90 bits per heavy atom. The molecule has 0 unspecified atom stereocenters. The number of rotatable bonds is 3. The van der Waals surface area contributed by atoms with Gasteiger partial charge in [0, 0.05) is 5.69 Å². The highest BCUT2D eigenvalue weighted by atomic mass is 35.5. The van der Waals surface area contributed by atoms with Gasteiger partial charge in [0.1, 0.15) is 11.3 Å². The normalized spacial score (nSPS) is 10.7. The first kappa shape index (κ1) is 13.9. The lowest BCUT2D eigenvalue weighted by Gasteiger charge is -2.08. The first-order valence-electron chi connectivity index (χ1n) is 6.42. The molecule has 3 rings (SSSR count). The molecule has 1 heterocycles. The largest absolute Gasteiger partial charge is 0.295 e. The van der Waals surface area contributed by atoms with Gasteiger partial charge in [-0.05, 0) is 29.8 Å². The Balaban J connectivity index is 2.19. The van der Waals surface area contributed by atoms with Gasteiger partial charge in [0.25, 0.3) is 0 Å². The Bertz CT molecular complexity index is 829. The first-order valence-corrected chi connectivity index (χ1v) is 7.34. The molecule has 0 fully saturated rings. The maximum atomic E-state index is 8.73. The molecule has 2 aromatic carbocycles. The fourth-order valence-electron chi connectivity index (χ4n) is 2.35. The van der Waals surface area contributed by atoms with Crippen molar-refractivity contribution in [2.24, 2.45) is 0 Å². The van der Waals surface area contributed by atoms with Gasteiger partial charge in [0.05, 0.1) is 28.9 Å². The summed E-state index contributed by atoms with van der Waals surface area (Å²) in [7, 11) is 0. The summed E-state index contributed by atoms with van der Waals surface area (Å²) < 4.78 is 1.99. The third-order valence-electron chi connectivity index (χ3n) is 3.30. The number of para-hydroxylation sites is 1. The van der Waals surface area contributed by atoms with Crippen molar-refractivity contribution in [1.82, 2.24) is 9.55 Å². The van der Waals surface area contributed by atoms with Crippen molar-refractivity contribution in [2.75, 3.05) is 0 Å². The van der Waals surface area contributed by atoms with Gasteiger partial charge in [-0.15, -0.1) is 11.6 Å². The van der Waals surface area contributed by atoms with Crippen LogP contribution < -0.4 is 0 Å². The zero-order valence-electron chi connectivity index (χ0n) is 11.1. The van der Waals surface area contributed by atoms with Crippen molar-refractivity contribution in [3.05, 3.63) is 58.9 Å². The maximum absolute atomic E-state index is 8.73. The Hall–Kier alpha value is -2.02. The fourth-order valence-corrected chi connectivity index (χ4v) is 2.74. The number of fused-ring (bicyclic) bond motifs is 1. The van der Waals surface area contributed by atoms with Crippen molar-refractivity contribution >= 4 is 34.2 Å². The minimum atomic E-state index is 0.297. The van der Waals surface area contributed by atoms with Crippen LogP contribution in [0.15, 0.2) is 42.5 Å². The van der Waals surface area contributed by atoms with Crippen LogP contribution in [0.2, 0.25) is 5.02 Å². The summed E-state index contributed by atoms with van der Waals surface area (Å²) in [6, 6.07) is 15.6. The van der Waals surface area contributed by atoms with E-state index in [1.807, 2.05) is 47.0 Å². The number of halogens is 2. The molecule has 5 heteroatoms. The van der Waals surface area contributed by atoms with Crippen molar-refractivity contribution in [2.45, 2.75) is 12.3 Å². The molecule has 1 aromatic heterocycles. The Kier molecular flexibility index (Phi) is 3.83. The molecule has 0 saturated heterocycles. The molecular formula is C16H11Cl2N3. The second kappa shape index (κ2) is 5.77. The first-order chi connectivity index (χ1) is 10.2. The molecule has 0 bridgehead atoms. The number of nitriles is 1. The lowest BCUT2D eigenvalue weighted by Crippen LogP contribution is -1.99. The predicted octanol–water partition coefficient (Wildman–Crippen LogP) is 4.48. The summed E-state index contributed by atoms with van der Waals surface area (Å²) in [6.07, 6.45) is 0.402. The second-order valence-electron chi connectivity index (χ2n) is 4.61. The summed E-state index contributed by atoms with van der Waals surface area (Å²) in [6.45, 7) is 0. The van der Waals surface area contributed by atoms with Crippen LogP contribution in [-0.4, -0.2) is 9.55 Å². The van der Waals surface area contributed by atoms with Gasteiger partial charge in [-0.2, -0.15) is 5.26 Å². The quantitative estimate of drug-likeness (QED) is 0.668. The van der Waals surface area contributed by atoms with E-state index in [1.165, 1.54) is 0 Å². The summed E-state index contributed by atoms with van der Waals surface area (Å²) in [4.78, 5) is 4.51. The van der Waals surface area contributed by atoms with Crippen LogP contribution in [-0.2, 0) is 12.3 Å². The molecule has 21 heavy (non-hydrogen) atoms. The molecule has 0 N–H and O–H groups in total. The van der Waals surface area contributed by atoms with E-state index in [0.717, 1.165) is 28.1 Å². The van der Waals surface area contributed by atoms with E-state index in [1.54, 1.807) is 0 Å². The van der Waals surface area contributed by atoms with Crippen LogP contribution in [0.25, 0.3) is 16.7 Å². The molecule has 0 spiro atoms. The molecule has 0 aliphatic heterocycles. The molecule has 0 amide bonds. The predicted molar refractivity (Wildman–Crippen MR) is 85.0 cm³/mol. The van der Waals surface area contributed by atoms with Crippen LogP contribution in [0.4, 0.5) is 0 Å². The summed E-state index contributed by atoms with van der Waals surface area (Å²) in [5.41, 5.74) is 3.61. The molecule has 3 aromatic rings. The van der Waals surface area contributed by atoms with Gasteiger partial charge in [0.2, 0.25) is 0 Å². The Labute approximate surface area is 132 Å². The van der Waals surface area contributed by atoms with E-state index >= 15 is 0 Å². The van der Waals surface area contributed by atoms with Crippen molar-refractivity contribution in [3.8, 4) is 11.8 Å². The average Bonchev–Trinajstić information content (AvgIpc) is 2.88. The van der Waals surface area contributed by atoms with E-state index in [-0.39, 0.29) is 0 Å². The van der Waals surface area contributed by atoms with Crippen LogP contribution in [0.5, 0.6) is 0 Å². The molecule has 0 aliphatic rings. The molecule has 104 valence electrons. The number of alkyl halides is 1. The highest BCUT2D eigenvalue weighted by Gasteiger charge is 2.13. The van der Waals surface area contributed by atoms with Crippen LogP contribution in [0.3, 0.4) is 0 Å². The summed E-state index contributed by atoms with van der Waals surface area (Å²) >= 11 is 12.2. The van der Waals surface area contributed by atoms with Crippen LogP contribution in [0, 0.1) is 11.3 Å². The molecule has 0 radical (unpaired) electrons. The van der Waals surface area contributed by atoms with Crippen molar-refractivity contribution in [1.29, 1.82) is 5.26 Å². The number of hydrogen-bond donors (Lipinski definition) is 0. The standard InChI is InChI=1S/C16H11Cl2N3/c17-10-15-20-16-13(18)2-1-3-14(16)21(15)12-6-4-11(5-7-12)8-9-19/h1-7H,8,10H2. The van der Waals surface area contributed by atoms with E-state index in [2.05, 4.69) is 11.1 Å². The van der Waals surface area contributed by atoms with Gasteiger partial charge in [0.15, 0.2) is 0 Å². The van der Waals surface area contributed by atoms with Gasteiger partial charge in [-0.1, -0.05) is 29.8 Å². The highest BCUT2D eigenvalue weighted by Crippen LogP contribution is 2.27. The summed E-state index contributed by atoms with van der Waals surface area (Å²) in [5, 5.41) is 9.34. The molecule has 0 aliphatic carbocycles. The van der Waals surface area contributed by atoms with Gasteiger partial charge >= 0.3 is 0 Å². The Morgan fingerprint density at radius 3 is 2.57 bits per heavy atom. The van der Waals surface area contributed by atoms with E-state index in [9.17, 15) is 0 Å². The second-order valence-corrected chi connectivity index (χ2v) is 5.28. The maximum Gasteiger partial charge on any atom is 0.129 e. The fraction of sp³-hybridized carbons (Fsp3) is 0.125. The number of hydrogen-bond acceptors (Lipinski definition) is 2. The summed E-state index contributed by atoms with van der Waals surface area (Å²) in [5.74, 6) is 1.04. The van der Waals surface area contributed by atoms with Gasteiger partial charge in [-0.3, -0.25) is 4.57 Å². The zero-order chi connectivity index (χ0) is 14.8. The van der Waals surface area contributed by atoms with Gasteiger partial charge < -0.3 is 0 Å². The number of aromatic nitrogens is 2. The lowest BCUT2D eigenvalue weighted by atomic mass is 10.1. The number of nitrogens with zero attached hydrogens (tertiary/aromatic N) is 3. The molecule has 0 saturated carbocycles. The minimum Gasteiger partial charge on any atom is -0.295 e. The highest BCUT2D eigenvalue weighted by molar-refractivity contribution is 6.35. The Morgan fingerprint density at radius 1 is 1.14 bits per heavy atom. The zero-order valence-corrected chi connectivity index (χ0v) is 12.6. The van der Waals surface area contributed by atoms with Crippen LogP contribution in [0.1, 0.15) is 11.4 Å². The molecule has 3 nitrogen and oxygen atoms in total.